The van der Waals surface area contributed by atoms with E-state index >= 15 is 0 Å². The van der Waals surface area contributed by atoms with Crippen LogP contribution in [0.5, 0.6) is 0 Å². The van der Waals surface area contributed by atoms with Crippen LogP contribution in [0.25, 0.3) is 0 Å². The van der Waals surface area contributed by atoms with Crippen molar-refractivity contribution in [3.05, 3.63) is 37.0 Å². The Morgan fingerprint density at radius 1 is 1.50 bits per heavy atom. The summed E-state index contributed by atoms with van der Waals surface area (Å²) in [5.74, 6) is 0. The van der Waals surface area contributed by atoms with E-state index in [0.29, 0.717) is 6.04 Å². The van der Waals surface area contributed by atoms with Gasteiger partial charge in [-0.1, -0.05) is 38.3 Å². The molecule has 1 fully saturated rings. The van der Waals surface area contributed by atoms with Crippen LogP contribution in [0.1, 0.15) is 19.8 Å². The standard InChI is InChI=1S/C14H24N2/c1-4-8-13(5-2)11-15-14-9-7-10-16(6-3)12-14/h4-5,8,14-15H,1-2,6-7,9-12H2,3H3/b13-8+. The molecule has 2 heteroatoms. The molecule has 1 N–H and O–H groups in total. The summed E-state index contributed by atoms with van der Waals surface area (Å²) in [6.07, 6.45) is 8.32. The summed E-state index contributed by atoms with van der Waals surface area (Å²) in [7, 11) is 0. The van der Waals surface area contributed by atoms with E-state index in [1.807, 2.05) is 18.2 Å². The van der Waals surface area contributed by atoms with Crippen molar-refractivity contribution in [3.63, 3.8) is 0 Å². The predicted molar refractivity (Wildman–Crippen MR) is 71.6 cm³/mol. The summed E-state index contributed by atoms with van der Waals surface area (Å²) in [6, 6.07) is 0.627. The van der Waals surface area contributed by atoms with Gasteiger partial charge in [0.2, 0.25) is 0 Å². The minimum atomic E-state index is 0.627. The molecule has 1 saturated heterocycles. The summed E-state index contributed by atoms with van der Waals surface area (Å²) in [4.78, 5) is 2.51. The largest absolute Gasteiger partial charge is 0.309 e. The van der Waals surface area contributed by atoms with E-state index in [4.69, 9.17) is 0 Å². The van der Waals surface area contributed by atoms with Crippen molar-refractivity contribution < 1.29 is 0 Å². The number of piperidine rings is 1. The number of hydrogen-bond donors (Lipinski definition) is 1. The summed E-state index contributed by atoms with van der Waals surface area (Å²) in [5.41, 5.74) is 1.21. The van der Waals surface area contributed by atoms with E-state index < -0.39 is 0 Å². The van der Waals surface area contributed by atoms with Gasteiger partial charge in [-0.25, -0.2) is 0 Å². The molecule has 90 valence electrons. The Hall–Kier alpha value is -0.860. The first kappa shape index (κ1) is 13.2. The van der Waals surface area contributed by atoms with Gasteiger partial charge < -0.3 is 10.2 Å². The van der Waals surface area contributed by atoms with E-state index in [-0.39, 0.29) is 0 Å². The number of nitrogens with zero attached hydrogens (tertiary/aromatic N) is 1. The van der Waals surface area contributed by atoms with Gasteiger partial charge in [0.05, 0.1) is 0 Å². The van der Waals surface area contributed by atoms with Gasteiger partial charge in [0.1, 0.15) is 0 Å². The molecule has 0 saturated carbocycles. The smallest absolute Gasteiger partial charge is 0.0208 e. The molecule has 0 aliphatic carbocycles. The van der Waals surface area contributed by atoms with E-state index in [2.05, 4.69) is 30.3 Å². The third-order valence-corrected chi connectivity index (χ3v) is 3.14. The maximum absolute atomic E-state index is 3.81. The fraction of sp³-hybridized carbons (Fsp3) is 0.571. The number of nitrogens with one attached hydrogen (secondary N) is 1. The van der Waals surface area contributed by atoms with Crippen LogP contribution in [0.4, 0.5) is 0 Å². The van der Waals surface area contributed by atoms with Gasteiger partial charge in [-0.15, -0.1) is 0 Å². The summed E-state index contributed by atoms with van der Waals surface area (Å²) < 4.78 is 0. The molecule has 0 radical (unpaired) electrons. The molecule has 0 aromatic heterocycles. The lowest BCUT2D eigenvalue weighted by atomic mass is 10.1. The van der Waals surface area contributed by atoms with Crippen LogP contribution < -0.4 is 5.32 Å². The molecule has 16 heavy (non-hydrogen) atoms. The predicted octanol–water partition coefficient (Wildman–Crippen LogP) is 2.36. The quantitative estimate of drug-likeness (QED) is 0.691. The minimum Gasteiger partial charge on any atom is -0.309 e. The second-order valence-corrected chi connectivity index (χ2v) is 4.29. The van der Waals surface area contributed by atoms with Crippen molar-refractivity contribution in [2.75, 3.05) is 26.2 Å². The molecule has 1 rings (SSSR count). The van der Waals surface area contributed by atoms with Crippen LogP contribution in [0, 0.1) is 0 Å². The van der Waals surface area contributed by atoms with Gasteiger partial charge in [0.25, 0.3) is 0 Å². The first-order valence-electron chi connectivity index (χ1n) is 6.20. The SMILES string of the molecule is C=C/C=C(\C=C)CNC1CCCN(CC)C1. The fourth-order valence-electron chi connectivity index (χ4n) is 2.12. The Morgan fingerprint density at radius 3 is 2.94 bits per heavy atom. The van der Waals surface area contributed by atoms with Crippen molar-refractivity contribution in [2.24, 2.45) is 0 Å². The van der Waals surface area contributed by atoms with Gasteiger partial charge >= 0.3 is 0 Å². The molecule has 1 atom stereocenters. The lowest BCUT2D eigenvalue weighted by Crippen LogP contribution is -2.45. The lowest BCUT2D eigenvalue weighted by Gasteiger charge is -2.32. The minimum absolute atomic E-state index is 0.627. The third kappa shape index (κ3) is 4.33. The number of allylic oxidation sites excluding steroid dienone is 2. The number of likely N-dealkylation sites (tertiary alicyclic amines) is 1. The zero-order valence-corrected chi connectivity index (χ0v) is 10.4. The number of rotatable bonds is 6. The summed E-state index contributed by atoms with van der Waals surface area (Å²) >= 11 is 0. The maximum Gasteiger partial charge on any atom is 0.0208 e. The van der Waals surface area contributed by atoms with E-state index in [1.165, 1.54) is 31.5 Å². The highest BCUT2D eigenvalue weighted by Gasteiger charge is 2.17. The Bertz CT molecular complexity index is 255. The zero-order valence-electron chi connectivity index (χ0n) is 10.4. The first-order valence-corrected chi connectivity index (χ1v) is 6.20. The van der Waals surface area contributed by atoms with Crippen molar-refractivity contribution >= 4 is 0 Å². The normalized spacial score (nSPS) is 23.1. The molecule has 0 aromatic rings. The van der Waals surface area contributed by atoms with Crippen LogP contribution in [-0.4, -0.2) is 37.1 Å². The van der Waals surface area contributed by atoms with Gasteiger partial charge in [0, 0.05) is 19.1 Å². The van der Waals surface area contributed by atoms with Crippen LogP contribution in [0.15, 0.2) is 37.0 Å². The molecule has 0 amide bonds. The fourth-order valence-corrected chi connectivity index (χ4v) is 2.12. The molecule has 1 aliphatic rings. The van der Waals surface area contributed by atoms with E-state index in [9.17, 15) is 0 Å². The topological polar surface area (TPSA) is 15.3 Å². The van der Waals surface area contributed by atoms with Crippen LogP contribution in [-0.2, 0) is 0 Å². The van der Waals surface area contributed by atoms with Crippen molar-refractivity contribution in [3.8, 4) is 0 Å². The molecule has 2 nitrogen and oxygen atoms in total. The number of hydrogen-bond acceptors (Lipinski definition) is 2. The second-order valence-electron chi connectivity index (χ2n) is 4.29. The Kier molecular flexibility index (Phi) is 6.12. The zero-order chi connectivity index (χ0) is 11.8. The molecule has 0 aromatic carbocycles. The second kappa shape index (κ2) is 7.42. The monoisotopic (exact) mass is 220 g/mol. The highest BCUT2D eigenvalue weighted by molar-refractivity contribution is 5.22. The number of likely N-dealkylation sites (N-methyl/N-ethyl adjacent to an activating group) is 1. The molecular weight excluding hydrogens is 196 g/mol. The van der Waals surface area contributed by atoms with Crippen molar-refractivity contribution in [2.45, 2.75) is 25.8 Å². The molecule has 1 aliphatic heterocycles. The Labute approximate surface area is 99.7 Å². The van der Waals surface area contributed by atoms with E-state index in [0.717, 1.165) is 13.1 Å². The third-order valence-electron chi connectivity index (χ3n) is 3.14. The summed E-state index contributed by atoms with van der Waals surface area (Å²) in [5, 5.41) is 3.59. The van der Waals surface area contributed by atoms with Crippen LogP contribution >= 0.6 is 0 Å². The molecule has 1 unspecified atom stereocenters. The Balaban J connectivity index is 2.33. The average molecular weight is 220 g/mol. The first-order chi connectivity index (χ1) is 7.80. The molecule has 1 heterocycles. The van der Waals surface area contributed by atoms with Crippen molar-refractivity contribution in [1.29, 1.82) is 0 Å². The van der Waals surface area contributed by atoms with Gasteiger partial charge in [-0.05, 0) is 31.5 Å². The molecular formula is C14H24N2. The van der Waals surface area contributed by atoms with Crippen molar-refractivity contribution in [1.82, 2.24) is 10.2 Å². The average Bonchev–Trinajstić information content (AvgIpc) is 2.34. The molecule has 0 bridgehead atoms. The molecule has 0 spiro atoms. The van der Waals surface area contributed by atoms with Gasteiger partial charge in [-0.3, -0.25) is 0 Å². The van der Waals surface area contributed by atoms with Gasteiger partial charge in [0.15, 0.2) is 0 Å². The maximum atomic E-state index is 3.81. The highest BCUT2D eigenvalue weighted by atomic mass is 15.2. The Morgan fingerprint density at radius 2 is 2.31 bits per heavy atom. The highest BCUT2D eigenvalue weighted by Crippen LogP contribution is 2.09. The summed E-state index contributed by atoms with van der Waals surface area (Å²) in [6.45, 7) is 14.2. The van der Waals surface area contributed by atoms with Crippen LogP contribution in [0.3, 0.4) is 0 Å². The van der Waals surface area contributed by atoms with Crippen LogP contribution in [0.2, 0.25) is 0 Å². The van der Waals surface area contributed by atoms with Gasteiger partial charge in [-0.2, -0.15) is 0 Å². The lowest BCUT2D eigenvalue weighted by molar-refractivity contribution is 0.201. The van der Waals surface area contributed by atoms with E-state index in [1.54, 1.807) is 0 Å².